The van der Waals surface area contributed by atoms with Crippen molar-refractivity contribution in [1.82, 2.24) is 5.32 Å². The Bertz CT molecular complexity index is 552. The Balaban J connectivity index is 3.04. The number of aliphatic hydroxyl groups excluding tert-OH is 1. The van der Waals surface area contributed by atoms with Gasteiger partial charge in [0.2, 0.25) is 0 Å². The largest absolute Gasteiger partial charge is 0.480 e. The Kier molecular flexibility index (Phi) is 5.23. The van der Waals surface area contributed by atoms with E-state index in [1.807, 2.05) is 6.07 Å². The highest BCUT2D eigenvalue weighted by Crippen LogP contribution is 2.16. The average molecular weight is 276 g/mol. The van der Waals surface area contributed by atoms with E-state index in [0.717, 1.165) is 0 Å². The van der Waals surface area contributed by atoms with Crippen LogP contribution in [0.25, 0.3) is 0 Å². The highest BCUT2D eigenvalue weighted by Gasteiger charge is 2.22. The summed E-state index contributed by atoms with van der Waals surface area (Å²) >= 11 is 0. The van der Waals surface area contributed by atoms with Crippen LogP contribution in [0.1, 0.15) is 33.5 Å². The standard InChI is InChI=1S/C14H16N2O4/c1-8-5-10(7-15)6-9(2)12(8)13(18)16-11(3-4-17)14(19)20/h5-6,11,17H,3-4H2,1-2H3,(H,16,18)(H,19,20)/t11-/m0/s1. The molecule has 3 N–H and O–H groups in total. The van der Waals surface area contributed by atoms with E-state index in [1.165, 1.54) is 0 Å². The lowest BCUT2D eigenvalue weighted by Crippen LogP contribution is -2.41. The number of nitrogens with one attached hydrogen (secondary N) is 1. The molecule has 0 saturated carbocycles. The van der Waals surface area contributed by atoms with Gasteiger partial charge in [0.05, 0.1) is 11.6 Å². The van der Waals surface area contributed by atoms with Crippen LogP contribution in [0.3, 0.4) is 0 Å². The van der Waals surface area contributed by atoms with Crippen molar-refractivity contribution in [3.05, 3.63) is 34.4 Å². The quantitative estimate of drug-likeness (QED) is 0.734. The first-order chi connectivity index (χ1) is 9.40. The van der Waals surface area contributed by atoms with Crippen LogP contribution in [-0.2, 0) is 4.79 Å². The number of nitriles is 1. The van der Waals surface area contributed by atoms with Gasteiger partial charge >= 0.3 is 5.97 Å². The lowest BCUT2D eigenvalue weighted by molar-refractivity contribution is -0.139. The molecule has 1 aromatic rings. The summed E-state index contributed by atoms with van der Waals surface area (Å²) in [5, 5.41) is 29.0. The van der Waals surface area contributed by atoms with Crippen LogP contribution in [0.5, 0.6) is 0 Å². The lowest BCUT2D eigenvalue weighted by Gasteiger charge is -2.16. The van der Waals surface area contributed by atoms with Gasteiger partial charge in [0.25, 0.3) is 5.91 Å². The Labute approximate surface area is 116 Å². The summed E-state index contributed by atoms with van der Waals surface area (Å²) in [6.07, 6.45) is -0.0601. The molecule has 6 nitrogen and oxygen atoms in total. The molecule has 0 unspecified atom stereocenters. The van der Waals surface area contributed by atoms with Crippen molar-refractivity contribution >= 4 is 11.9 Å². The van der Waals surface area contributed by atoms with E-state index in [4.69, 9.17) is 15.5 Å². The molecule has 1 atom stereocenters. The number of carbonyl (C=O) groups excluding carboxylic acids is 1. The zero-order valence-corrected chi connectivity index (χ0v) is 11.3. The number of carbonyl (C=O) groups is 2. The summed E-state index contributed by atoms with van der Waals surface area (Å²) in [4.78, 5) is 23.1. The Morgan fingerprint density at radius 1 is 1.35 bits per heavy atom. The molecule has 0 saturated heterocycles. The van der Waals surface area contributed by atoms with E-state index in [1.54, 1.807) is 26.0 Å². The van der Waals surface area contributed by atoms with Crippen LogP contribution >= 0.6 is 0 Å². The molecule has 0 aliphatic heterocycles. The minimum atomic E-state index is -1.20. The number of benzene rings is 1. The molecule has 0 radical (unpaired) electrons. The summed E-state index contributed by atoms with van der Waals surface area (Å²) in [6.45, 7) is 3.04. The molecular formula is C14H16N2O4. The summed E-state index contributed by atoms with van der Waals surface area (Å²) < 4.78 is 0. The van der Waals surface area contributed by atoms with Crippen LogP contribution in [0.4, 0.5) is 0 Å². The number of hydrogen-bond acceptors (Lipinski definition) is 4. The Morgan fingerprint density at radius 3 is 2.30 bits per heavy atom. The van der Waals surface area contributed by atoms with Gasteiger partial charge in [-0.2, -0.15) is 5.26 Å². The first-order valence-electron chi connectivity index (χ1n) is 6.06. The van der Waals surface area contributed by atoms with E-state index < -0.39 is 17.9 Å². The van der Waals surface area contributed by atoms with Crippen LogP contribution < -0.4 is 5.32 Å². The van der Waals surface area contributed by atoms with Crippen LogP contribution in [-0.4, -0.2) is 34.7 Å². The summed E-state index contributed by atoms with van der Waals surface area (Å²) in [5.74, 6) is -1.72. The molecular weight excluding hydrogens is 260 g/mol. The van der Waals surface area contributed by atoms with Gasteiger partial charge < -0.3 is 15.5 Å². The van der Waals surface area contributed by atoms with Crippen molar-refractivity contribution in [2.75, 3.05) is 6.61 Å². The van der Waals surface area contributed by atoms with Gasteiger partial charge in [-0.1, -0.05) is 0 Å². The summed E-state index contributed by atoms with van der Waals surface area (Å²) in [5.41, 5.74) is 2.01. The second kappa shape index (κ2) is 6.68. The Hall–Kier alpha value is -2.39. The number of aryl methyl sites for hydroxylation is 2. The zero-order valence-electron chi connectivity index (χ0n) is 11.3. The second-order valence-electron chi connectivity index (χ2n) is 4.47. The fourth-order valence-electron chi connectivity index (χ4n) is 2.00. The molecule has 0 aliphatic carbocycles. The molecule has 1 amide bonds. The van der Waals surface area contributed by atoms with Crippen molar-refractivity contribution < 1.29 is 19.8 Å². The van der Waals surface area contributed by atoms with Gasteiger partial charge in [-0.15, -0.1) is 0 Å². The van der Waals surface area contributed by atoms with Crippen molar-refractivity contribution in [1.29, 1.82) is 5.26 Å². The lowest BCUT2D eigenvalue weighted by atomic mass is 9.98. The minimum absolute atomic E-state index is 0.0601. The summed E-state index contributed by atoms with van der Waals surface area (Å²) in [6, 6.07) is 4.00. The van der Waals surface area contributed by atoms with Gasteiger partial charge in [-0.25, -0.2) is 4.79 Å². The fraction of sp³-hybridized carbons (Fsp3) is 0.357. The van der Waals surface area contributed by atoms with Crippen molar-refractivity contribution in [2.24, 2.45) is 0 Å². The van der Waals surface area contributed by atoms with E-state index in [9.17, 15) is 9.59 Å². The maximum atomic E-state index is 12.1. The number of amides is 1. The monoisotopic (exact) mass is 276 g/mol. The van der Waals surface area contributed by atoms with Crippen LogP contribution in [0, 0.1) is 25.2 Å². The predicted octanol–water partition coefficient (Wildman–Crippen LogP) is 0.741. The predicted molar refractivity (Wildman–Crippen MR) is 71.2 cm³/mol. The first kappa shape index (κ1) is 15.7. The average Bonchev–Trinajstić information content (AvgIpc) is 2.37. The number of carboxylic acids is 1. The first-order valence-corrected chi connectivity index (χ1v) is 6.06. The van der Waals surface area contributed by atoms with E-state index >= 15 is 0 Å². The maximum Gasteiger partial charge on any atom is 0.326 e. The molecule has 106 valence electrons. The highest BCUT2D eigenvalue weighted by molar-refractivity contribution is 5.99. The molecule has 0 bridgehead atoms. The number of hydrogen-bond donors (Lipinski definition) is 3. The second-order valence-corrected chi connectivity index (χ2v) is 4.47. The highest BCUT2D eigenvalue weighted by atomic mass is 16.4. The van der Waals surface area contributed by atoms with Crippen molar-refractivity contribution in [2.45, 2.75) is 26.3 Å². The third-order valence-electron chi connectivity index (χ3n) is 2.91. The molecule has 0 aromatic heterocycles. The van der Waals surface area contributed by atoms with Gasteiger partial charge in [-0.05, 0) is 37.1 Å². The van der Waals surface area contributed by atoms with Gasteiger partial charge in [0.1, 0.15) is 6.04 Å². The van der Waals surface area contributed by atoms with Crippen molar-refractivity contribution in [3.63, 3.8) is 0 Å². The molecule has 1 aromatic carbocycles. The Morgan fingerprint density at radius 2 is 1.90 bits per heavy atom. The third kappa shape index (κ3) is 3.56. The smallest absolute Gasteiger partial charge is 0.326 e. The van der Waals surface area contributed by atoms with Gasteiger partial charge in [-0.3, -0.25) is 4.79 Å². The van der Waals surface area contributed by atoms with Gasteiger partial charge in [0, 0.05) is 18.6 Å². The molecule has 6 heteroatoms. The van der Waals surface area contributed by atoms with Crippen LogP contribution in [0.15, 0.2) is 12.1 Å². The molecule has 0 aliphatic rings. The van der Waals surface area contributed by atoms with Gasteiger partial charge in [0.15, 0.2) is 0 Å². The third-order valence-corrected chi connectivity index (χ3v) is 2.91. The minimum Gasteiger partial charge on any atom is -0.480 e. The maximum absolute atomic E-state index is 12.1. The van der Waals surface area contributed by atoms with E-state index in [-0.39, 0.29) is 13.0 Å². The van der Waals surface area contributed by atoms with E-state index in [0.29, 0.717) is 22.3 Å². The molecule has 1 rings (SSSR count). The SMILES string of the molecule is Cc1cc(C#N)cc(C)c1C(=O)N[C@@H](CCO)C(=O)O. The molecule has 20 heavy (non-hydrogen) atoms. The normalized spacial score (nSPS) is 11.5. The molecule has 0 spiro atoms. The number of aliphatic carboxylic acids is 1. The summed E-state index contributed by atoms with van der Waals surface area (Å²) in [7, 11) is 0. The molecule has 0 heterocycles. The number of rotatable bonds is 5. The number of aliphatic hydroxyl groups is 1. The van der Waals surface area contributed by atoms with Crippen LogP contribution in [0.2, 0.25) is 0 Å². The van der Waals surface area contributed by atoms with Crippen molar-refractivity contribution in [3.8, 4) is 6.07 Å². The topological polar surface area (TPSA) is 110 Å². The fourth-order valence-corrected chi connectivity index (χ4v) is 2.00. The van der Waals surface area contributed by atoms with E-state index in [2.05, 4.69) is 5.32 Å². The zero-order chi connectivity index (χ0) is 15.3. The number of nitrogens with zero attached hydrogens (tertiary/aromatic N) is 1. The molecule has 0 fully saturated rings. The number of carboxylic acid groups (broad SMARTS) is 1.